The van der Waals surface area contributed by atoms with E-state index in [0.29, 0.717) is 21.9 Å². The molecule has 1 N–H and O–H groups in total. The van der Waals surface area contributed by atoms with Crippen LogP contribution in [0.3, 0.4) is 0 Å². The minimum atomic E-state index is -0.310. The van der Waals surface area contributed by atoms with Gasteiger partial charge in [-0.3, -0.25) is 4.79 Å². The number of thiazole rings is 1. The van der Waals surface area contributed by atoms with Crippen molar-refractivity contribution >= 4 is 34.1 Å². The van der Waals surface area contributed by atoms with Crippen molar-refractivity contribution in [3.8, 4) is 11.5 Å². The second-order valence-corrected chi connectivity index (χ2v) is 8.67. The summed E-state index contributed by atoms with van der Waals surface area (Å²) in [6.45, 7) is 7.92. The third-order valence-electron chi connectivity index (χ3n) is 4.14. The molecule has 0 radical (unpaired) electrons. The number of aromatic nitrogens is 4. The minimum Gasteiger partial charge on any atom is -0.497 e. The Bertz CT molecular complexity index is 985. The Morgan fingerprint density at radius 2 is 1.90 bits per heavy atom. The van der Waals surface area contributed by atoms with Gasteiger partial charge >= 0.3 is 0 Å². The van der Waals surface area contributed by atoms with Crippen LogP contribution in [-0.4, -0.2) is 38.5 Å². The van der Waals surface area contributed by atoms with Crippen LogP contribution in [0.2, 0.25) is 0 Å². The molecule has 30 heavy (non-hydrogen) atoms. The maximum Gasteiger partial charge on any atom is 0.236 e. The van der Waals surface area contributed by atoms with Gasteiger partial charge in [-0.25, -0.2) is 4.98 Å². The fourth-order valence-electron chi connectivity index (χ4n) is 2.76. The number of hydrogen-bond acceptors (Lipinski definition) is 8. The molecule has 0 saturated heterocycles. The molecule has 8 nitrogen and oxygen atoms in total. The average Bonchev–Trinajstić information content (AvgIpc) is 3.33. The number of thioether (sulfide) groups is 1. The van der Waals surface area contributed by atoms with Gasteiger partial charge in [-0.15, -0.1) is 21.5 Å². The molecule has 0 spiro atoms. The molecule has 160 valence electrons. The highest BCUT2D eigenvalue weighted by Crippen LogP contribution is 2.28. The zero-order valence-electron chi connectivity index (χ0n) is 17.6. The van der Waals surface area contributed by atoms with Gasteiger partial charge < -0.3 is 19.4 Å². The Kier molecular flexibility index (Phi) is 7.33. The van der Waals surface area contributed by atoms with Crippen LogP contribution in [0.25, 0.3) is 0 Å². The molecule has 1 amide bonds. The summed E-state index contributed by atoms with van der Waals surface area (Å²) in [6.07, 6.45) is -0.310. The van der Waals surface area contributed by atoms with Crippen LogP contribution in [0.1, 0.15) is 44.4 Å². The molecule has 10 heteroatoms. The van der Waals surface area contributed by atoms with Gasteiger partial charge in [0.15, 0.2) is 22.2 Å². The zero-order chi connectivity index (χ0) is 21.7. The van der Waals surface area contributed by atoms with Gasteiger partial charge in [-0.05, 0) is 52.0 Å². The van der Waals surface area contributed by atoms with E-state index in [2.05, 4.69) is 34.3 Å². The number of benzene rings is 1. The number of carbonyl (C=O) groups is 1. The summed E-state index contributed by atoms with van der Waals surface area (Å²) in [5, 5.41) is 14.6. The highest BCUT2D eigenvalue weighted by atomic mass is 32.2. The van der Waals surface area contributed by atoms with E-state index in [1.165, 1.54) is 23.1 Å². The SMILES string of the molecule is COc1ccc(OC(C)c2nnc(SCC(=O)Nc3nc(C)cs3)n2C(C)C)cc1. The smallest absolute Gasteiger partial charge is 0.236 e. The molecule has 0 aliphatic rings. The number of methoxy groups -OCH3 is 1. The summed E-state index contributed by atoms with van der Waals surface area (Å²) in [5.41, 5.74) is 0.887. The van der Waals surface area contributed by atoms with E-state index in [4.69, 9.17) is 9.47 Å². The highest BCUT2D eigenvalue weighted by molar-refractivity contribution is 7.99. The van der Waals surface area contributed by atoms with Crippen LogP contribution < -0.4 is 14.8 Å². The monoisotopic (exact) mass is 447 g/mol. The van der Waals surface area contributed by atoms with Crippen molar-refractivity contribution in [1.29, 1.82) is 0 Å². The van der Waals surface area contributed by atoms with Gasteiger partial charge in [0.2, 0.25) is 5.91 Å². The molecule has 0 saturated carbocycles. The standard InChI is InChI=1S/C20H25N5O3S2/c1-12(2)25-18(14(4)28-16-8-6-15(27-5)7-9-16)23-24-20(25)30-11-17(26)22-19-21-13(3)10-29-19/h6-10,12,14H,11H2,1-5H3,(H,21,22,26). The van der Waals surface area contributed by atoms with E-state index in [1.807, 2.05) is 48.1 Å². The molecule has 1 unspecified atom stereocenters. The fraction of sp³-hybridized carbons (Fsp3) is 0.400. The molecule has 2 aromatic heterocycles. The molecule has 1 atom stereocenters. The second-order valence-electron chi connectivity index (χ2n) is 6.87. The van der Waals surface area contributed by atoms with Gasteiger partial charge in [0.1, 0.15) is 11.5 Å². The number of nitrogens with one attached hydrogen (secondary N) is 1. The number of ether oxygens (including phenoxy) is 2. The molecule has 3 aromatic rings. The first-order valence-electron chi connectivity index (χ1n) is 9.47. The van der Waals surface area contributed by atoms with E-state index < -0.39 is 0 Å². The lowest BCUT2D eigenvalue weighted by Crippen LogP contribution is -2.16. The van der Waals surface area contributed by atoms with Crippen LogP contribution in [0.15, 0.2) is 34.8 Å². The van der Waals surface area contributed by atoms with Crippen molar-refractivity contribution in [2.75, 3.05) is 18.2 Å². The predicted octanol–water partition coefficient (Wildman–Crippen LogP) is 4.50. The second kappa shape index (κ2) is 9.94. The first-order valence-corrected chi connectivity index (χ1v) is 11.3. The normalized spacial score (nSPS) is 12.1. The number of rotatable bonds is 9. The van der Waals surface area contributed by atoms with E-state index >= 15 is 0 Å². The van der Waals surface area contributed by atoms with E-state index in [-0.39, 0.29) is 23.8 Å². The maximum atomic E-state index is 12.3. The van der Waals surface area contributed by atoms with Crippen molar-refractivity contribution in [2.24, 2.45) is 0 Å². The summed E-state index contributed by atoms with van der Waals surface area (Å²) in [4.78, 5) is 16.5. The molecule has 0 aliphatic heterocycles. The third-order valence-corrected chi connectivity index (χ3v) is 5.96. The van der Waals surface area contributed by atoms with E-state index in [0.717, 1.165) is 11.4 Å². The van der Waals surface area contributed by atoms with E-state index in [9.17, 15) is 4.79 Å². The first kappa shape index (κ1) is 22.1. The van der Waals surface area contributed by atoms with E-state index in [1.54, 1.807) is 7.11 Å². The number of carbonyl (C=O) groups excluding carboxylic acids is 1. The number of nitrogens with zero attached hydrogens (tertiary/aromatic N) is 4. The van der Waals surface area contributed by atoms with Gasteiger partial charge in [0, 0.05) is 11.4 Å². The molecule has 0 aliphatic carbocycles. The Labute approximate surface area is 184 Å². The summed E-state index contributed by atoms with van der Waals surface area (Å²) in [5.74, 6) is 2.28. The Morgan fingerprint density at radius 1 is 1.20 bits per heavy atom. The Morgan fingerprint density at radius 3 is 2.50 bits per heavy atom. The quantitative estimate of drug-likeness (QED) is 0.483. The molecular weight excluding hydrogens is 422 g/mol. The molecule has 2 heterocycles. The van der Waals surface area contributed by atoms with Gasteiger partial charge in [0.05, 0.1) is 18.6 Å². The lowest BCUT2D eigenvalue weighted by Gasteiger charge is -2.19. The van der Waals surface area contributed by atoms with Crippen LogP contribution in [0, 0.1) is 6.92 Å². The number of anilines is 1. The minimum absolute atomic E-state index is 0.115. The fourth-order valence-corrected chi connectivity index (χ4v) is 4.34. The largest absolute Gasteiger partial charge is 0.497 e. The third kappa shape index (κ3) is 5.51. The maximum absolute atomic E-state index is 12.3. The van der Waals surface area contributed by atoms with Gasteiger partial charge in [-0.1, -0.05) is 11.8 Å². The van der Waals surface area contributed by atoms with Crippen LogP contribution in [-0.2, 0) is 4.79 Å². The Hall–Kier alpha value is -2.59. The number of hydrogen-bond donors (Lipinski definition) is 1. The van der Waals surface area contributed by atoms with Crippen molar-refractivity contribution in [3.05, 3.63) is 41.2 Å². The summed E-state index contributed by atoms with van der Waals surface area (Å²) >= 11 is 2.75. The van der Waals surface area contributed by atoms with Crippen molar-refractivity contribution in [1.82, 2.24) is 19.7 Å². The number of amides is 1. The van der Waals surface area contributed by atoms with Crippen LogP contribution >= 0.6 is 23.1 Å². The molecule has 0 bridgehead atoms. The lowest BCUT2D eigenvalue weighted by molar-refractivity contribution is -0.113. The summed E-state index contributed by atoms with van der Waals surface area (Å²) in [7, 11) is 1.63. The van der Waals surface area contributed by atoms with Gasteiger partial charge in [-0.2, -0.15) is 0 Å². The molecule has 3 rings (SSSR count). The van der Waals surface area contributed by atoms with Crippen molar-refractivity contribution < 1.29 is 14.3 Å². The molecule has 1 aromatic carbocycles. The zero-order valence-corrected chi connectivity index (χ0v) is 19.2. The lowest BCUT2D eigenvalue weighted by atomic mass is 10.3. The van der Waals surface area contributed by atoms with Crippen LogP contribution in [0.5, 0.6) is 11.5 Å². The van der Waals surface area contributed by atoms with Crippen molar-refractivity contribution in [3.63, 3.8) is 0 Å². The summed E-state index contributed by atoms with van der Waals surface area (Å²) < 4.78 is 13.2. The molecular formula is C20H25N5O3S2. The summed E-state index contributed by atoms with van der Waals surface area (Å²) in [6, 6.07) is 7.51. The predicted molar refractivity (Wildman–Crippen MR) is 119 cm³/mol. The molecule has 0 fully saturated rings. The Balaban J connectivity index is 1.66. The topological polar surface area (TPSA) is 91.2 Å². The highest BCUT2D eigenvalue weighted by Gasteiger charge is 2.22. The van der Waals surface area contributed by atoms with Crippen molar-refractivity contribution in [2.45, 2.75) is 45.0 Å². The van der Waals surface area contributed by atoms with Crippen LogP contribution in [0.4, 0.5) is 5.13 Å². The first-order chi connectivity index (χ1) is 14.4. The average molecular weight is 448 g/mol. The van der Waals surface area contributed by atoms with Gasteiger partial charge in [0.25, 0.3) is 0 Å². The number of aryl methyl sites for hydroxylation is 1.